The van der Waals surface area contributed by atoms with E-state index in [4.69, 9.17) is 0 Å². The molecule has 2 aromatic rings. The first-order valence-corrected chi connectivity index (χ1v) is 10.6. The van der Waals surface area contributed by atoms with Crippen molar-refractivity contribution >= 4 is 21.8 Å². The highest BCUT2D eigenvalue weighted by Crippen LogP contribution is 2.29. The van der Waals surface area contributed by atoms with E-state index < -0.39 is 16.1 Å². The number of rotatable bonds is 5. The molecular formula is C20H20N2O4S. The number of amides is 2. The highest BCUT2D eigenvalue weighted by molar-refractivity contribution is 7.89. The topological polar surface area (TPSA) is 74.8 Å². The van der Waals surface area contributed by atoms with E-state index in [9.17, 15) is 18.0 Å². The quantitative estimate of drug-likeness (QED) is 0.739. The number of carbonyl (C=O) groups is 2. The van der Waals surface area contributed by atoms with Gasteiger partial charge >= 0.3 is 0 Å². The zero-order valence-electron chi connectivity index (χ0n) is 14.7. The minimum absolute atomic E-state index is 0.0197. The maximum absolute atomic E-state index is 12.7. The molecule has 6 nitrogen and oxygen atoms in total. The predicted octanol–water partition coefficient (Wildman–Crippen LogP) is 1.93. The third kappa shape index (κ3) is 3.28. The molecule has 0 bridgehead atoms. The highest BCUT2D eigenvalue weighted by Gasteiger charge is 2.43. The van der Waals surface area contributed by atoms with Gasteiger partial charge in [-0.2, -0.15) is 4.31 Å². The van der Waals surface area contributed by atoms with E-state index in [2.05, 4.69) is 0 Å². The Morgan fingerprint density at radius 2 is 1.48 bits per heavy atom. The van der Waals surface area contributed by atoms with Crippen LogP contribution in [-0.4, -0.2) is 54.3 Å². The molecule has 1 unspecified atom stereocenters. The van der Waals surface area contributed by atoms with Crippen molar-refractivity contribution in [2.45, 2.75) is 18.9 Å². The van der Waals surface area contributed by atoms with Crippen molar-refractivity contribution in [1.29, 1.82) is 0 Å². The average molecular weight is 384 g/mol. The zero-order valence-corrected chi connectivity index (χ0v) is 15.6. The number of fused-ring (bicyclic) bond motifs is 1. The van der Waals surface area contributed by atoms with Gasteiger partial charge in [0.05, 0.1) is 22.9 Å². The van der Waals surface area contributed by atoms with E-state index in [-0.39, 0.29) is 24.1 Å². The molecule has 2 aliphatic rings. The molecule has 0 saturated carbocycles. The lowest BCUT2D eigenvalue weighted by atomic mass is 10.1. The summed E-state index contributed by atoms with van der Waals surface area (Å²) in [6, 6.07) is 15.8. The van der Waals surface area contributed by atoms with Crippen LogP contribution in [0.3, 0.4) is 0 Å². The SMILES string of the molecule is O=C1c2ccccc2C(=O)N1C1CCN(S(=O)(=O)CCc2ccccc2)C1. The summed E-state index contributed by atoms with van der Waals surface area (Å²) >= 11 is 0. The lowest BCUT2D eigenvalue weighted by Gasteiger charge is -2.22. The van der Waals surface area contributed by atoms with Crippen LogP contribution in [0.15, 0.2) is 54.6 Å². The number of benzene rings is 2. The van der Waals surface area contributed by atoms with Gasteiger partial charge in [-0.25, -0.2) is 8.42 Å². The molecule has 0 radical (unpaired) electrons. The Labute approximate surface area is 158 Å². The molecule has 1 fully saturated rings. The summed E-state index contributed by atoms with van der Waals surface area (Å²) < 4.78 is 26.8. The number of nitrogens with zero attached hydrogens (tertiary/aromatic N) is 2. The summed E-state index contributed by atoms with van der Waals surface area (Å²) in [4.78, 5) is 26.4. The van der Waals surface area contributed by atoms with Crippen molar-refractivity contribution < 1.29 is 18.0 Å². The van der Waals surface area contributed by atoms with Gasteiger partial charge in [0.1, 0.15) is 0 Å². The Hall–Kier alpha value is -2.51. The van der Waals surface area contributed by atoms with Crippen LogP contribution in [0.5, 0.6) is 0 Å². The smallest absolute Gasteiger partial charge is 0.261 e. The third-order valence-corrected chi connectivity index (χ3v) is 7.04. The lowest BCUT2D eigenvalue weighted by Crippen LogP contribution is -2.42. The van der Waals surface area contributed by atoms with E-state index in [0.29, 0.717) is 30.5 Å². The Morgan fingerprint density at radius 3 is 2.11 bits per heavy atom. The summed E-state index contributed by atoms with van der Waals surface area (Å²) in [5.74, 6) is -0.639. The van der Waals surface area contributed by atoms with Gasteiger partial charge in [0.15, 0.2) is 0 Å². The molecular weight excluding hydrogens is 364 g/mol. The van der Waals surface area contributed by atoms with Gasteiger partial charge in [0.25, 0.3) is 11.8 Å². The summed E-state index contributed by atoms with van der Waals surface area (Å²) in [5.41, 5.74) is 1.76. The first-order valence-electron chi connectivity index (χ1n) is 8.96. The Bertz CT molecular complexity index is 953. The fourth-order valence-corrected chi connectivity index (χ4v) is 5.27. The van der Waals surface area contributed by atoms with E-state index >= 15 is 0 Å². The Morgan fingerprint density at radius 1 is 0.889 bits per heavy atom. The monoisotopic (exact) mass is 384 g/mol. The van der Waals surface area contributed by atoms with Crippen LogP contribution < -0.4 is 0 Å². The number of imide groups is 1. The van der Waals surface area contributed by atoms with Crippen LogP contribution in [0.1, 0.15) is 32.7 Å². The number of aryl methyl sites for hydroxylation is 1. The normalized spacial score (nSPS) is 20.3. The minimum Gasteiger partial charge on any atom is -0.270 e. The van der Waals surface area contributed by atoms with E-state index in [1.165, 1.54) is 9.21 Å². The summed E-state index contributed by atoms with van der Waals surface area (Å²) in [6.07, 6.45) is 0.910. The van der Waals surface area contributed by atoms with Crippen molar-refractivity contribution in [3.05, 3.63) is 71.3 Å². The van der Waals surface area contributed by atoms with Gasteiger partial charge in [0, 0.05) is 13.1 Å². The molecule has 0 spiro atoms. The maximum atomic E-state index is 12.7. The summed E-state index contributed by atoms with van der Waals surface area (Å²) in [6.45, 7) is 0.498. The average Bonchev–Trinajstić information content (AvgIpc) is 3.26. The molecule has 2 aliphatic heterocycles. The molecule has 2 amide bonds. The fraction of sp³-hybridized carbons (Fsp3) is 0.300. The van der Waals surface area contributed by atoms with Crippen LogP contribution >= 0.6 is 0 Å². The predicted molar refractivity (Wildman–Crippen MR) is 101 cm³/mol. The van der Waals surface area contributed by atoms with Gasteiger partial charge in [-0.05, 0) is 30.5 Å². The van der Waals surface area contributed by atoms with Crippen LogP contribution in [0.25, 0.3) is 0 Å². The minimum atomic E-state index is -3.44. The second-order valence-corrected chi connectivity index (χ2v) is 8.97. The Kier molecular flexibility index (Phi) is 4.57. The standard InChI is InChI=1S/C20H20N2O4S/c23-19-17-8-4-5-9-18(17)20(24)22(19)16-10-12-21(14-16)27(25,26)13-11-15-6-2-1-3-7-15/h1-9,16H,10-14H2. The summed E-state index contributed by atoms with van der Waals surface area (Å²) in [7, 11) is -3.44. The molecule has 1 atom stereocenters. The molecule has 7 heteroatoms. The molecule has 4 rings (SSSR count). The zero-order chi connectivity index (χ0) is 19.0. The molecule has 0 N–H and O–H groups in total. The number of hydrogen-bond acceptors (Lipinski definition) is 4. The maximum Gasteiger partial charge on any atom is 0.261 e. The van der Waals surface area contributed by atoms with Gasteiger partial charge in [0.2, 0.25) is 10.0 Å². The second-order valence-electron chi connectivity index (χ2n) is 6.88. The van der Waals surface area contributed by atoms with Gasteiger partial charge in [-0.3, -0.25) is 14.5 Å². The van der Waals surface area contributed by atoms with Crippen molar-refractivity contribution in [3.63, 3.8) is 0 Å². The number of carbonyl (C=O) groups excluding carboxylic acids is 2. The van der Waals surface area contributed by atoms with Gasteiger partial charge in [-0.15, -0.1) is 0 Å². The van der Waals surface area contributed by atoms with Crippen molar-refractivity contribution in [1.82, 2.24) is 9.21 Å². The van der Waals surface area contributed by atoms with Crippen LogP contribution in [-0.2, 0) is 16.4 Å². The third-order valence-electron chi connectivity index (χ3n) is 5.20. The Balaban J connectivity index is 1.44. The molecule has 1 saturated heterocycles. The lowest BCUT2D eigenvalue weighted by molar-refractivity contribution is 0.0593. The molecule has 0 aromatic heterocycles. The first kappa shape index (κ1) is 17.9. The van der Waals surface area contributed by atoms with E-state index in [0.717, 1.165) is 5.56 Å². The van der Waals surface area contributed by atoms with Crippen LogP contribution in [0.4, 0.5) is 0 Å². The highest BCUT2D eigenvalue weighted by atomic mass is 32.2. The number of hydrogen-bond donors (Lipinski definition) is 0. The molecule has 2 heterocycles. The largest absolute Gasteiger partial charge is 0.270 e. The van der Waals surface area contributed by atoms with Crippen molar-refractivity contribution in [2.24, 2.45) is 0 Å². The summed E-state index contributed by atoms with van der Waals surface area (Å²) in [5, 5.41) is 0. The van der Waals surface area contributed by atoms with Crippen LogP contribution in [0, 0.1) is 0 Å². The fourth-order valence-electron chi connectivity index (χ4n) is 3.73. The molecule has 0 aliphatic carbocycles. The van der Waals surface area contributed by atoms with Crippen molar-refractivity contribution in [3.8, 4) is 0 Å². The van der Waals surface area contributed by atoms with Gasteiger partial charge < -0.3 is 0 Å². The van der Waals surface area contributed by atoms with E-state index in [1.54, 1.807) is 24.3 Å². The number of sulfonamides is 1. The second kappa shape index (κ2) is 6.90. The van der Waals surface area contributed by atoms with Crippen molar-refractivity contribution in [2.75, 3.05) is 18.8 Å². The van der Waals surface area contributed by atoms with E-state index in [1.807, 2.05) is 30.3 Å². The molecule has 27 heavy (non-hydrogen) atoms. The van der Waals surface area contributed by atoms with Gasteiger partial charge in [-0.1, -0.05) is 42.5 Å². The first-order chi connectivity index (χ1) is 13.0. The molecule has 2 aromatic carbocycles. The van der Waals surface area contributed by atoms with Crippen LogP contribution in [0.2, 0.25) is 0 Å². The molecule has 140 valence electrons.